The number of nitrogens with one attached hydrogen (secondary N) is 1. The van der Waals surface area contributed by atoms with E-state index in [4.69, 9.17) is 11.6 Å². The van der Waals surface area contributed by atoms with E-state index in [1.165, 1.54) is 6.42 Å². The molecule has 1 N–H and O–H groups in total. The highest BCUT2D eigenvalue weighted by molar-refractivity contribution is 7.90. The highest BCUT2D eigenvalue weighted by atomic mass is 35.5. The van der Waals surface area contributed by atoms with E-state index < -0.39 is 21.3 Å². The second-order valence-electron chi connectivity index (χ2n) is 4.50. The van der Waals surface area contributed by atoms with Crippen LogP contribution in [0.15, 0.2) is 0 Å². The van der Waals surface area contributed by atoms with Crippen LogP contribution < -0.4 is 4.72 Å². The van der Waals surface area contributed by atoms with Gasteiger partial charge >= 0.3 is 0 Å². The van der Waals surface area contributed by atoms with Gasteiger partial charge in [-0.05, 0) is 19.8 Å². The van der Waals surface area contributed by atoms with E-state index in [9.17, 15) is 8.42 Å². The van der Waals surface area contributed by atoms with Crippen molar-refractivity contribution in [2.24, 2.45) is 0 Å². The van der Waals surface area contributed by atoms with Crippen molar-refractivity contribution in [3.05, 3.63) is 11.6 Å². The summed E-state index contributed by atoms with van der Waals surface area (Å²) >= 11 is 5.37. The zero-order valence-electron chi connectivity index (χ0n) is 10.3. The first kappa shape index (κ1) is 13.8. The third-order valence-electron chi connectivity index (χ3n) is 3.03. The normalized spacial score (nSPS) is 18.1. The number of fused-ring (bicyclic) bond motifs is 1. The van der Waals surface area contributed by atoms with Crippen LogP contribution in [0.4, 0.5) is 0 Å². The number of aryl methyl sites for hydroxylation is 1. The maximum absolute atomic E-state index is 11.4. The average molecular weight is 293 g/mol. The monoisotopic (exact) mass is 292 g/mol. The van der Waals surface area contributed by atoms with Crippen LogP contribution in [0, 0.1) is 0 Å². The van der Waals surface area contributed by atoms with Crippen LogP contribution in [0.3, 0.4) is 0 Å². The van der Waals surface area contributed by atoms with E-state index in [1.54, 1.807) is 6.92 Å². The molecule has 0 spiro atoms. The van der Waals surface area contributed by atoms with Crippen molar-refractivity contribution in [2.75, 3.05) is 5.21 Å². The second-order valence-corrected chi connectivity index (χ2v) is 6.84. The third-order valence-corrected chi connectivity index (χ3v) is 4.89. The Balaban J connectivity index is 2.21. The molecule has 1 atom stereocenters. The number of halogens is 1. The van der Waals surface area contributed by atoms with Gasteiger partial charge in [-0.15, -0.1) is 21.8 Å². The average Bonchev–Trinajstić information content (AvgIpc) is 2.58. The lowest BCUT2D eigenvalue weighted by Crippen LogP contribution is -2.29. The van der Waals surface area contributed by atoms with Crippen molar-refractivity contribution in [3.8, 4) is 0 Å². The van der Waals surface area contributed by atoms with Crippen LogP contribution in [-0.2, 0) is 23.0 Å². The third kappa shape index (κ3) is 3.02. The molecule has 0 saturated carbocycles. The first-order chi connectivity index (χ1) is 8.53. The molecule has 0 fully saturated rings. The van der Waals surface area contributed by atoms with Crippen molar-refractivity contribution in [1.82, 2.24) is 19.5 Å². The largest absolute Gasteiger partial charge is 0.314 e. The van der Waals surface area contributed by atoms with Crippen LogP contribution in [0.25, 0.3) is 0 Å². The number of aromatic nitrogens is 3. The Hall–Kier alpha value is -0.660. The molecule has 2 heterocycles. The Morgan fingerprint density at radius 1 is 1.39 bits per heavy atom. The molecule has 0 radical (unpaired) electrons. The molecule has 1 aliphatic rings. The van der Waals surface area contributed by atoms with Gasteiger partial charge in [-0.2, -0.15) is 0 Å². The van der Waals surface area contributed by atoms with E-state index in [0.29, 0.717) is 5.82 Å². The minimum Gasteiger partial charge on any atom is -0.314 e. The van der Waals surface area contributed by atoms with Crippen molar-refractivity contribution in [3.63, 3.8) is 0 Å². The van der Waals surface area contributed by atoms with Crippen LogP contribution in [0.2, 0.25) is 0 Å². The summed E-state index contributed by atoms with van der Waals surface area (Å²) in [5, 5.41) is 7.79. The standard InChI is InChI=1S/C10H17ClN4O2S/c1-8(14-18(16,17)7-11)10-13-12-9-5-3-2-4-6-15(9)10/h8,14H,2-7H2,1H3. The number of alkyl halides is 1. The lowest BCUT2D eigenvalue weighted by Gasteiger charge is -2.14. The van der Waals surface area contributed by atoms with Gasteiger partial charge in [0.2, 0.25) is 10.0 Å². The Kier molecular flexibility index (Phi) is 4.24. The van der Waals surface area contributed by atoms with Gasteiger partial charge in [-0.1, -0.05) is 6.42 Å². The minimum atomic E-state index is -3.45. The molecular weight excluding hydrogens is 276 g/mol. The SMILES string of the molecule is CC(NS(=O)(=O)CCl)c1nnc2n1CCCCC2. The fourth-order valence-corrected chi connectivity index (χ4v) is 3.08. The molecule has 1 aliphatic heterocycles. The Morgan fingerprint density at radius 2 is 2.17 bits per heavy atom. The van der Waals surface area contributed by atoms with Gasteiger partial charge < -0.3 is 4.57 Å². The summed E-state index contributed by atoms with van der Waals surface area (Å²) in [7, 11) is -3.45. The molecule has 0 aromatic carbocycles. The predicted molar refractivity (Wildman–Crippen MR) is 68.8 cm³/mol. The highest BCUT2D eigenvalue weighted by Crippen LogP contribution is 2.19. The van der Waals surface area contributed by atoms with E-state index in [0.717, 1.165) is 31.6 Å². The predicted octanol–water partition coefficient (Wildman–Crippen LogP) is 1.18. The molecule has 1 unspecified atom stereocenters. The van der Waals surface area contributed by atoms with Gasteiger partial charge in [0.15, 0.2) is 5.82 Å². The molecule has 0 amide bonds. The fraction of sp³-hybridized carbons (Fsp3) is 0.800. The molecule has 6 nitrogen and oxygen atoms in total. The molecule has 8 heteroatoms. The summed E-state index contributed by atoms with van der Waals surface area (Å²) in [5.41, 5.74) is 0. The van der Waals surface area contributed by atoms with E-state index >= 15 is 0 Å². The molecular formula is C10H17ClN4O2S. The van der Waals surface area contributed by atoms with E-state index in [-0.39, 0.29) is 0 Å². The van der Waals surface area contributed by atoms with Gasteiger partial charge in [-0.3, -0.25) is 0 Å². The molecule has 2 rings (SSSR count). The summed E-state index contributed by atoms with van der Waals surface area (Å²) in [6, 6.07) is -0.409. The smallest absolute Gasteiger partial charge is 0.226 e. The van der Waals surface area contributed by atoms with Crippen LogP contribution in [-0.4, -0.2) is 28.4 Å². The molecule has 102 valence electrons. The van der Waals surface area contributed by atoms with Gasteiger partial charge in [0.05, 0.1) is 6.04 Å². The van der Waals surface area contributed by atoms with Crippen molar-refractivity contribution >= 4 is 21.6 Å². The first-order valence-corrected chi connectivity index (χ1v) is 8.20. The molecule has 1 aromatic heterocycles. The number of rotatable bonds is 4. The summed E-state index contributed by atoms with van der Waals surface area (Å²) in [4.78, 5) is 0. The van der Waals surface area contributed by atoms with Crippen molar-refractivity contribution < 1.29 is 8.42 Å². The van der Waals surface area contributed by atoms with Crippen LogP contribution in [0.5, 0.6) is 0 Å². The second kappa shape index (κ2) is 5.54. The van der Waals surface area contributed by atoms with Crippen LogP contribution in [0.1, 0.15) is 43.9 Å². The van der Waals surface area contributed by atoms with Gasteiger partial charge in [0, 0.05) is 13.0 Å². The first-order valence-electron chi connectivity index (χ1n) is 6.01. The van der Waals surface area contributed by atoms with E-state index in [2.05, 4.69) is 14.9 Å². The van der Waals surface area contributed by atoms with Crippen molar-refractivity contribution in [1.29, 1.82) is 0 Å². The molecule has 1 aromatic rings. The topological polar surface area (TPSA) is 76.9 Å². The summed E-state index contributed by atoms with van der Waals surface area (Å²) in [5.74, 6) is 1.61. The van der Waals surface area contributed by atoms with Gasteiger partial charge in [-0.25, -0.2) is 13.1 Å². The van der Waals surface area contributed by atoms with Crippen molar-refractivity contribution in [2.45, 2.75) is 45.2 Å². The zero-order valence-corrected chi connectivity index (χ0v) is 11.8. The number of hydrogen-bond donors (Lipinski definition) is 1. The molecule has 18 heavy (non-hydrogen) atoms. The van der Waals surface area contributed by atoms with E-state index in [1.807, 2.05) is 4.57 Å². The molecule has 0 aliphatic carbocycles. The summed E-state index contributed by atoms with van der Waals surface area (Å²) < 4.78 is 27.4. The Morgan fingerprint density at radius 3 is 2.89 bits per heavy atom. The maximum atomic E-state index is 11.4. The van der Waals surface area contributed by atoms with Gasteiger partial charge in [0.1, 0.15) is 11.0 Å². The lowest BCUT2D eigenvalue weighted by molar-refractivity contribution is 0.536. The fourth-order valence-electron chi connectivity index (χ4n) is 2.18. The molecule has 0 saturated heterocycles. The number of nitrogens with zero attached hydrogens (tertiary/aromatic N) is 3. The summed E-state index contributed by atoms with van der Waals surface area (Å²) in [6.07, 6.45) is 4.26. The molecule has 0 bridgehead atoms. The van der Waals surface area contributed by atoms with Crippen LogP contribution >= 0.6 is 11.6 Å². The quantitative estimate of drug-likeness (QED) is 0.846. The summed E-state index contributed by atoms with van der Waals surface area (Å²) in [6.45, 7) is 2.61. The zero-order chi connectivity index (χ0) is 13.2. The Labute approximate surface area is 112 Å². The minimum absolute atomic E-state index is 0.409. The highest BCUT2D eigenvalue weighted by Gasteiger charge is 2.22. The number of hydrogen-bond acceptors (Lipinski definition) is 4. The lowest BCUT2D eigenvalue weighted by atomic mass is 10.2. The maximum Gasteiger partial charge on any atom is 0.226 e. The Bertz CT molecular complexity index is 514. The number of sulfonamides is 1. The van der Waals surface area contributed by atoms with Gasteiger partial charge in [0.25, 0.3) is 0 Å².